The van der Waals surface area contributed by atoms with Crippen molar-refractivity contribution in [3.8, 4) is 0 Å². The van der Waals surface area contributed by atoms with Crippen LogP contribution in [0.5, 0.6) is 0 Å². The van der Waals surface area contributed by atoms with Crippen LogP contribution < -0.4 is 10.6 Å². The van der Waals surface area contributed by atoms with Gasteiger partial charge in [-0.2, -0.15) is 0 Å². The Labute approximate surface area is 147 Å². The van der Waals surface area contributed by atoms with E-state index in [1.165, 1.54) is 0 Å². The van der Waals surface area contributed by atoms with Crippen molar-refractivity contribution in [1.29, 1.82) is 0 Å². The SMILES string of the molecule is CO[Si](C)(CCCNCCNC(=O)CC(O)(CC(=O)O)C(=O)O)OC. The highest BCUT2D eigenvalue weighted by molar-refractivity contribution is 6.65. The number of aliphatic hydroxyl groups is 1. The normalized spacial score (nSPS) is 13.9. The van der Waals surface area contributed by atoms with Crippen LogP contribution in [0, 0.1) is 0 Å². The molecule has 0 aromatic heterocycles. The second-order valence-electron chi connectivity index (χ2n) is 5.83. The molecule has 0 aliphatic heterocycles. The fourth-order valence-electron chi connectivity index (χ4n) is 2.03. The second kappa shape index (κ2) is 11.2. The maximum absolute atomic E-state index is 11.7. The lowest BCUT2D eigenvalue weighted by atomic mass is 9.95. The van der Waals surface area contributed by atoms with Crippen molar-refractivity contribution in [2.75, 3.05) is 33.9 Å². The minimum absolute atomic E-state index is 0.227. The largest absolute Gasteiger partial charge is 0.481 e. The van der Waals surface area contributed by atoms with Crippen molar-refractivity contribution in [2.24, 2.45) is 0 Å². The van der Waals surface area contributed by atoms with Gasteiger partial charge in [0.15, 0.2) is 5.60 Å². The molecule has 25 heavy (non-hydrogen) atoms. The minimum atomic E-state index is -2.61. The molecule has 0 aliphatic carbocycles. The first-order valence-corrected chi connectivity index (χ1v) is 10.4. The van der Waals surface area contributed by atoms with Crippen LogP contribution in [0.25, 0.3) is 0 Å². The average Bonchev–Trinajstić information content (AvgIpc) is 2.52. The molecular weight excluding hydrogens is 352 g/mol. The van der Waals surface area contributed by atoms with Crippen molar-refractivity contribution < 1.29 is 38.6 Å². The molecule has 0 spiro atoms. The topological polar surface area (TPSA) is 154 Å². The van der Waals surface area contributed by atoms with Gasteiger partial charge in [-0.25, -0.2) is 4.79 Å². The lowest BCUT2D eigenvalue weighted by molar-refractivity contribution is -0.167. The first-order valence-electron chi connectivity index (χ1n) is 7.84. The van der Waals surface area contributed by atoms with Crippen molar-refractivity contribution in [3.63, 3.8) is 0 Å². The predicted octanol–water partition coefficient (Wildman–Crippen LogP) is -0.872. The number of carbonyl (C=O) groups excluding carboxylic acids is 1. The Bertz CT molecular complexity index is 458. The molecular formula is C14H28N2O8Si. The maximum atomic E-state index is 11.7. The third kappa shape index (κ3) is 9.50. The van der Waals surface area contributed by atoms with E-state index in [2.05, 4.69) is 10.6 Å². The highest BCUT2D eigenvalue weighted by Crippen LogP contribution is 2.16. The van der Waals surface area contributed by atoms with Crippen molar-refractivity contribution in [2.45, 2.75) is 37.5 Å². The summed E-state index contributed by atoms with van der Waals surface area (Å²) in [6.45, 7) is 3.34. The van der Waals surface area contributed by atoms with E-state index in [0.717, 1.165) is 12.5 Å². The average molecular weight is 380 g/mol. The fraction of sp³-hybridized carbons (Fsp3) is 0.786. The van der Waals surface area contributed by atoms with E-state index in [-0.39, 0.29) is 6.54 Å². The molecule has 0 aliphatic rings. The molecule has 0 aromatic carbocycles. The fourth-order valence-corrected chi connectivity index (χ4v) is 3.42. The number of carboxylic acid groups (broad SMARTS) is 2. The molecule has 146 valence electrons. The lowest BCUT2D eigenvalue weighted by Crippen LogP contribution is -2.46. The number of rotatable bonds is 14. The van der Waals surface area contributed by atoms with Crippen molar-refractivity contribution in [3.05, 3.63) is 0 Å². The molecule has 11 heteroatoms. The standard InChI is InChI=1S/C14H28N2O8Si/c1-23-25(3,24-2)8-4-5-15-6-7-16-11(17)9-14(22,13(20)21)10-12(18)19/h15,22H,4-10H2,1-3H3,(H,16,17)(H,18,19)(H,20,21). The van der Waals surface area contributed by atoms with E-state index in [0.29, 0.717) is 13.1 Å². The zero-order valence-electron chi connectivity index (χ0n) is 14.8. The molecule has 0 saturated carbocycles. The summed E-state index contributed by atoms with van der Waals surface area (Å²) in [5.41, 5.74) is -2.61. The molecule has 5 N–H and O–H groups in total. The number of carboxylic acids is 2. The number of hydrogen-bond acceptors (Lipinski definition) is 7. The summed E-state index contributed by atoms with van der Waals surface area (Å²) in [6.07, 6.45) is -1.02. The van der Waals surface area contributed by atoms with Gasteiger partial charge in [-0.3, -0.25) is 9.59 Å². The summed E-state index contributed by atoms with van der Waals surface area (Å²) in [5, 5.41) is 32.8. The van der Waals surface area contributed by atoms with Crippen LogP contribution in [0.15, 0.2) is 0 Å². The van der Waals surface area contributed by atoms with E-state index in [9.17, 15) is 19.5 Å². The molecule has 0 saturated heterocycles. The molecule has 0 aromatic rings. The van der Waals surface area contributed by atoms with Gasteiger partial charge >= 0.3 is 20.5 Å². The number of hydrogen-bond donors (Lipinski definition) is 5. The highest BCUT2D eigenvalue weighted by Gasteiger charge is 2.40. The summed E-state index contributed by atoms with van der Waals surface area (Å²) in [4.78, 5) is 33.2. The Morgan fingerprint density at radius 3 is 2.12 bits per heavy atom. The Hall–Kier alpha value is -1.53. The van der Waals surface area contributed by atoms with Gasteiger partial charge in [-0.1, -0.05) is 0 Å². The molecule has 0 rings (SSSR count). The Kier molecular flexibility index (Phi) is 10.5. The van der Waals surface area contributed by atoms with Gasteiger partial charge in [0.05, 0.1) is 12.8 Å². The third-order valence-electron chi connectivity index (χ3n) is 3.77. The molecule has 0 bridgehead atoms. The number of nitrogens with one attached hydrogen (secondary N) is 2. The second-order valence-corrected chi connectivity index (χ2v) is 9.41. The van der Waals surface area contributed by atoms with Crippen LogP contribution in [0.3, 0.4) is 0 Å². The lowest BCUT2D eigenvalue weighted by Gasteiger charge is -2.22. The van der Waals surface area contributed by atoms with Crippen molar-refractivity contribution in [1.82, 2.24) is 10.6 Å². The number of aliphatic carboxylic acids is 2. The monoisotopic (exact) mass is 380 g/mol. The number of carbonyl (C=O) groups is 3. The van der Waals surface area contributed by atoms with Gasteiger partial charge in [0.25, 0.3) is 0 Å². The maximum Gasteiger partial charge on any atom is 0.336 e. The number of amides is 1. The van der Waals surface area contributed by atoms with Crippen LogP contribution in [-0.4, -0.2) is 81.2 Å². The Balaban J connectivity index is 4.00. The third-order valence-corrected chi connectivity index (χ3v) is 6.76. The first-order chi connectivity index (χ1) is 11.6. The quantitative estimate of drug-likeness (QED) is 0.191. The van der Waals surface area contributed by atoms with Crippen LogP contribution in [0.2, 0.25) is 12.6 Å². The smallest absolute Gasteiger partial charge is 0.336 e. The zero-order chi connectivity index (χ0) is 19.5. The van der Waals surface area contributed by atoms with Gasteiger partial charge in [0.1, 0.15) is 0 Å². The molecule has 0 fully saturated rings. The first kappa shape index (κ1) is 23.5. The van der Waals surface area contributed by atoms with Gasteiger partial charge in [0, 0.05) is 27.3 Å². The van der Waals surface area contributed by atoms with E-state index in [4.69, 9.17) is 19.1 Å². The van der Waals surface area contributed by atoms with Gasteiger partial charge in [-0.15, -0.1) is 0 Å². The molecule has 10 nitrogen and oxygen atoms in total. The summed E-state index contributed by atoms with van der Waals surface area (Å²) >= 11 is 0. The van der Waals surface area contributed by atoms with Crippen LogP contribution >= 0.6 is 0 Å². The van der Waals surface area contributed by atoms with E-state index in [1.807, 2.05) is 6.55 Å². The molecule has 1 atom stereocenters. The summed E-state index contributed by atoms with van der Waals surface area (Å²) in [7, 11) is 1.18. The van der Waals surface area contributed by atoms with Crippen LogP contribution in [0.4, 0.5) is 0 Å². The predicted molar refractivity (Wildman–Crippen MR) is 90.4 cm³/mol. The molecule has 0 heterocycles. The summed E-state index contributed by atoms with van der Waals surface area (Å²) in [5.74, 6) is -3.97. The van der Waals surface area contributed by atoms with Crippen molar-refractivity contribution >= 4 is 26.4 Å². The van der Waals surface area contributed by atoms with Crippen LogP contribution in [-0.2, 0) is 23.2 Å². The van der Waals surface area contributed by atoms with E-state index in [1.54, 1.807) is 14.2 Å². The minimum Gasteiger partial charge on any atom is -0.481 e. The Morgan fingerprint density at radius 1 is 1.04 bits per heavy atom. The Morgan fingerprint density at radius 2 is 1.64 bits per heavy atom. The van der Waals surface area contributed by atoms with E-state index < -0.39 is 44.8 Å². The van der Waals surface area contributed by atoms with Gasteiger partial charge in [-0.05, 0) is 25.6 Å². The van der Waals surface area contributed by atoms with Gasteiger partial charge < -0.3 is 34.8 Å². The highest BCUT2D eigenvalue weighted by atomic mass is 28.4. The van der Waals surface area contributed by atoms with Gasteiger partial charge in [0.2, 0.25) is 5.91 Å². The zero-order valence-corrected chi connectivity index (χ0v) is 15.8. The summed E-state index contributed by atoms with van der Waals surface area (Å²) in [6, 6.07) is 0.820. The molecule has 0 radical (unpaired) electrons. The van der Waals surface area contributed by atoms with Crippen LogP contribution in [0.1, 0.15) is 19.3 Å². The van der Waals surface area contributed by atoms with E-state index >= 15 is 0 Å². The molecule has 1 unspecified atom stereocenters. The summed E-state index contributed by atoms with van der Waals surface area (Å²) < 4.78 is 10.7. The molecule has 1 amide bonds.